The Bertz CT molecular complexity index is 1320. The fourth-order valence-corrected chi connectivity index (χ4v) is 4.52. The van der Waals surface area contributed by atoms with Gasteiger partial charge in [0.1, 0.15) is 5.82 Å². The maximum absolute atomic E-state index is 13.9. The number of anilines is 1. The molecule has 3 aromatic rings. The van der Waals surface area contributed by atoms with Crippen molar-refractivity contribution >= 4 is 46.4 Å². The highest BCUT2D eigenvalue weighted by Crippen LogP contribution is 2.21. The Balaban J connectivity index is 1.53. The van der Waals surface area contributed by atoms with Gasteiger partial charge in [0, 0.05) is 51.2 Å². The number of nitrogens with zero attached hydrogens (tertiary/aromatic N) is 4. The predicted octanol–water partition coefficient (Wildman–Crippen LogP) is 2.67. The van der Waals surface area contributed by atoms with Crippen molar-refractivity contribution in [3.05, 3.63) is 71.1 Å². The van der Waals surface area contributed by atoms with Crippen LogP contribution in [-0.4, -0.2) is 71.9 Å². The number of rotatable bonds is 11. The molecule has 1 saturated heterocycles. The van der Waals surface area contributed by atoms with Gasteiger partial charge in [0.25, 0.3) is 0 Å². The molecule has 1 aromatic heterocycles. The topological polar surface area (TPSA) is 107 Å². The third-order valence-corrected chi connectivity index (χ3v) is 6.82. The smallest absolute Gasteiger partial charge is 0.239 e. The van der Waals surface area contributed by atoms with Crippen LogP contribution in [0.15, 0.2) is 54.7 Å². The van der Waals surface area contributed by atoms with E-state index in [1.165, 1.54) is 24.1 Å². The molecular formula is C27H30ClFN6O4. The summed E-state index contributed by atoms with van der Waals surface area (Å²) in [5, 5.41) is 7.13. The molecule has 0 radical (unpaired) electrons. The van der Waals surface area contributed by atoms with Crippen molar-refractivity contribution in [2.24, 2.45) is 0 Å². The number of hydrazine groups is 1. The molecular weight excluding hydrogens is 527 g/mol. The van der Waals surface area contributed by atoms with Crippen LogP contribution in [0.4, 0.5) is 10.2 Å². The summed E-state index contributed by atoms with van der Waals surface area (Å²) in [5.41, 5.74) is 3.40. The number of halogens is 2. The molecule has 12 heteroatoms. The highest BCUT2D eigenvalue weighted by molar-refractivity contribution is 6.31. The summed E-state index contributed by atoms with van der Waals surface area (Å²) in [4.78, 5) is 49.6. The molecule has 4 rings (SSSR count). The standard InChI is InChI=1S/C27H30ClFN6O4/c1-19(37)35(32-16-22-7-4-8-24(29)27(22)28)23(14-26(38)33-11-9-30-10-12-33)17-39-34(18-36)25-13-20-5-2-3-6-21(20)15-31-25/h2-8,13,15,18,23,30,32H,9-12,14,16-17H2,1H3/t23-/m0/s1. The molecule has 0 unspecified atom stereocenters. The maximum Gasteiger partial charge on any atom is 0.239 e. The Labute approximate surface area is 230 Å². The molecule has 0 saturated carbocycles. The van der Waals surface area contributed by atoms with Crippen molar-refractivity contribution in [1.29, 1.82) is 0 Å². The highest BCUT2D eigenvalue weighted by Gasteiger charge is 2.29. The number of hydroxylamine groups is 1. The second kappa shape index (κ2) is 13.4. The molecule has 0 spiro atoms. The van der Waals surface area contributed by atoms with Crippen LogP contribution in [0.1, 0.15) is 18.9 Å². The lowest BCUT2D eigenvalue weighted by Gasteiger charge is -2.34. The number of pyridine rings is 1. The van der Waals surface area contributed by atoms with E-state index in [2.05, 4.69) is 15.7 Å². The molecule has 3 amide bonds. The lowest BCUT2D eigenvalue weighted by molar-refractivity contribution is -0.141. The van der Waals surface area contributed by atoms with Crippen molar-refractivity contribution in [2.45, 2.75) is 25.9 Å². The van der Waals surface area contributed by atoms with Gasteiger partial charge in [-0.25, -0.2) is 14.8 Å². The zero-order valence-electron chi connectivity index (χ0n) is 21.5. The van der Waals surface area contributed by atoms with E-state index in [0.29, 0.717) is 38.2 Å². The van der Waals surface area contributed by atoms with E-state index in [-0.39, 0.29) is 36.3 Å². The number of hydrogen-bond donors (Lipinski definition) is 2. The summed E-state index contributed by atoms with van der Waals surface area (Å²) >= 11 is 6.09. The number of aromatic nitrogens is 1. The molecule has 10 nitrogen and oxygen atoms in total. The number of hydrogen-bond acceptors (Lipinski definition) is 7. The Morgan fingerprint density at radius 1 is 1.21 bits per heavy atom. The first-order valence-corrected chi connectivity index (χ1v) is 12.9. The zero-order valence-corrected chi connectivity index (χ0v) is 22.2. The van der Waals surface area contributed by atoms with Gasteiger partial charge in [0.2, 0.25) is 18.2 Å². The molecule has 2 N–H and O–H groups in total. The van der Waals surface area contributed by atoms with E-state index in [4.69, 9.17) is 16.4 Å². The Kier molecular flexibility index (Phi) is 9.77. The fourth-order valence-electron chi connectivity index (χ4n) is 4.33. The van der Waals surface area contributed by atoms with Crippen LogP contribution in [0.5, 0.6) is 0 Å². The van der Waals surface area contributed by atoms with Crippen LogP contribution in [0, 0.1) is 5.82 Å². The molecule has 1 aliphatic heterocycles. The van der Waals surface area contributed by atoms with Crippen LogP contribution in [0.2, 0.25) is 5.02 Å². The maximum atomic E-state index is 13.9. The first-order valence-electron chi connectivity index (χ1n) is 12.5. The number of fused-ring (bicyclic) bond motifs is 1. The van der Waals surface area contributed by atoms with E-state index in [9.17, 15) is 18.8 Å². The Morgan fingerprint density at radius 2 is 1.95 bits per heavy atom. The second-order valence-corrected chi connectivity index (χ2v) is 9.42. The summed E-state index contributed by atoms with van der Waals surface area (Å²) in [6.07, 6.45) is 2.04. The lowest BCUT2D eigenvalue weighted by atomic mass is 10.1. The first kappa shape index (κ1) is 28.4. The lowest BCUT2D eigenvalue weighted by Crippen LogP contribution is -2.54. The number of carbonyl (C=O) groups excluding carboxylic acids is 3. The molecule has 1 aliphatic rings. The molecule has 206 valence electrons. The molecule has 0 bridgehead atoms. The first-order chi connectivity index (χ1) is 18.9. The minimum atomic E-state index is -0.805. The molecule has 1 atom stereocenters. The van der Waals surface area contributed by atoms with E-state index < -0.39 is 17.8 Å². The quantitative estimate of drug-likeness (QED) is 0.276. The summed E-state index contributed by atoms with van der Waals surface area (Å²) in [7, 11) is 0. The summed E-state index contributed by atoms with van der Waals surface area (Å²) in [5.74, 6) is -0.887. The van der Waals surface area contributed by atoms with Crippen LogP contribution in [0.25, 0.3) is 10.8 Å². The van der Waals surface area contributed by atoms with E-state index >= 15 is 0 Å². The van der Waals surface area contributed by atoms with Gasteiger partial charge < -0.3 is 10.2 Å². The number of nitrogens with one attached hydrogen (secondary N) is 2. The fraction of sp³-hybridized carbons (Fsp3) is 0.333. The monoisotopic (exact) mass is 556 g/mol. The van der Waals surface area contributed by atoms with Gasteiger partial charge in [-0.2, -0.15) is 5.06 Å². The number of piperazine rings is 1. The second-order valence-electron chi connectivity index (χ2n) is 9.04. The Morgan fingerprint density at radius 3 is 2.67 bits per heavy atom. The van der Waals surface area contributed by atoms with Crippen molar-refractivity contribution in [1.82, 2.24) is 25.6 Å². The summed E-state index contributed by atoms with van der Waals surface area (Å²) < 4.78 is 13.9. The highest BCUT2D eigenvalue weighted by atomic mass is 35.5. The molecule has 2 heterocycles. The van der Waals surface area contributed by atoms with Crippen LogP contribution < -0.4 is 15.8 Å². The average Bonchev–Trinajstić information content (AvgIpc) is 2.95. The van der Waals surface area contributed by atoms with Crippen molar-refractivity contribution in [3.63, 3.8) is 0 Å². The average molecular weight is 557 g/mol. The van der Waals surface area contributed by atoms with Gasteiger partial charge >= 0.3 is 0 Å². The van der Waals surface area contributed by atoms with Crippen molar-refractivity contribution in [3.8, 4) is 0 Å². The van der Waals surface area contributed by atoms with Gasteiger partial charge in [-0.15, -0.1) is 0 Å². The Hall–Kier alpha value is -3.64. The van der Waals surface area contributed by atoms with Gasteiger partial charge in [-0.1, -0.05) is 48.0 Å². The van der Waals surface area contributed by atoms with Crippen molar-refractivity contribution in [2.75, 3.05) is 37.8 Å². The number of benzene rings is 2. The van der Waals surface area contributed by atoms with Gasteiger partial charge in [-0.3, -0.25) is 24.2 Å². The van der Waals surface area contributed by atoms with Crippen LogP contribution in [-0.2, 0) is 25.8 Å². The largest absolute Gasteiger partial charge is 0.340 e. The van der Waals surface area contributed by atoms with Gasteiger partial charge in [0.15, 0.2) is 5.82 Å². The minimum absolute atomic E-state index is 0.0259. The minimum Gasteiger partial charge on any atom is -0.340 e. The number of amides is 3. The normalized spacial score (nSPS) is 14.2. The molecule has 1 fully saturated rings. The van der Waals surface area contributed by atoms with E-state index in [0.717, 1.165) is 15.8 Å². The summed E-state index contributed by atoms with van der Waals surface area (Å²) in [6.45, 7) is 3.59. The molecule has 39 heavy (non-hydrogen) atoms. The van der Waals surface area contributed by atoms with E-state index in [1.54, 1.807) is 23.2 Å². The van der Waals surface area contributed by atoms with E-state index in [1.807, 2.05) is 24.3 Å². The van der Waals surface area contributed by atoms with Crippen LogP contribution >= 0.6 is 11.6 Å². The van der Waals surface area contributed by atoms with Crippen LogP contribution in [0.3, 0.4) is 0 Å². The molecule has 2 aromatic carbocycles. The zero-order chi connectivity index (χ0) is 27.8. The molecule has 0 aliphatic carbocycles. The van der Waals surface area contributed by atoms with Crippen molar-refractivity contribution < 1.29 is 23.6 Å². The number of carbonyl (C=O) groups is 3. The SMILES string of the molecule is CC(=O)N(NCc1cccc(F)c1Cl)[C@H](CON(C=O)c1cc2ccccc2cn1)CC(=O)N1CCNCC1. The summed E-state index contributed by atoms with van der Waals surface area (Å²) in [6, 6.07) is 12.8. The predicted molar refractivity (Wildman–Crippen MR) is 145 cm³/mol. The van der Waals surface area contributed by atoms with Gasteiger partial charge in [-0.05, 0) is 23.1 Å². The third-order valence-electron chi connectivity index (χ3n) is 6.40. The third kappa shape index (κ3) is 7.27. The van der Waals surface area contributed by atoms with Gasteiger partial charge in [0.05, 0.1) is 24.1 Å².